The van der Waals surface area contributed by atoms with E-state index in [2.05, 4.69) is 79.0 Å². The van der Waals surface area contributed by atoms with E-state index in [1.165, 1.54) is 54.8 Å². The summed E-state index contributed by atoms with van der Waals surface area (Å²) in [4.78, 5) is 4.24. The van der Waals surface area contributed by atoms with Crippen LogP contribution in [0, 0.1) is 58.9 Å². The summed E-state index contributed by atoms with van der Waals surface area (Å²) in [5.74, 6) is 7.34. The summed E-state index contributed by atoms with van der Waals surface area (Å²) in [5.41, 5.74) is -8.63. The van der Waals surface area contributed by atoms with Gasteiger partial charge in [-0.05, 0) is 68.9 Å². The van der Waals surface area contributed by atoms with Crippen molar-refractivity contribution in [1.82, 2.24) is 9.80 Å². The summed E-state index contributed by atoms with van der Waals surface area (Å²) in [7, 11) is -8.06. The molecule has 1 saturated carbocycles. The first-order valence-corrected chi connectivity index (χ1v) is 13.7. The summed E-state index contributed by atoms with van der Waals surface area (Å²) in [6.07, 6.45) is 0. The van der Waals surface area contributed by atoms with Gasteiger partial charge in [-0.25, -0.2) is 16.8 Å². The van der Waals surface area contributed by atoms with Crippen LogP contribution in [0.25, 0.3) is 0 Å². The number of rotatable bonds is 0. The van der Waals surface area contributed by atoms with Crippen molar-refractivity contribution in [2.24, 2.45) is 0 Å². The van der Waals surface area contributed by atoms with Gasteiger partial charge in [0.25, 0.3) is 0 Å². The van der Waals surface area contributed by atoms with Crippen LogP contribution in [-0.4, -0.2) is 60.9 Å². The molecule has 0 unspecified atom stereocenters. The smallest absolute Gasteiger partial charge is 0.741 e. The minimum Gasteiger partial charge on any atom is -0.741 e. The Morgan fingerprint density at radius 1 is 0.619 bits per heavy atom. The molecule has 0 amide bonds. The van der Waals surface area contributed by atoms with Crippen LogP contribution in [0.2, 0.25) is 0 Å². The molecule has 0 aromatic rings. The number of nitrogens with zero attached hydrogens (tertiary/aromatic N) is 4. The average Bonchev–Trinajstić information content (AvgIpc) is 3.10. The van der Waals surface area contributed by atoms with Gasteiger partial charge in [-0.2, -0.15) is 43.5 Å². The van der Waals surface area contributed by atoms with Gasteiger partial charge in [0, 0.05) is 13.8 Å². The second-order valence-corrected chi connectivity index (χ2v) is 10.6. The average molecular weight is 833 g/mol. The fraction of sp³-hybridized carbons (Fsp3) is 0.565. The summed E-state index contributed by atoms with van der Waals surface area (Å²) in [6.45, 7) is 20.2. The normalized spacial score (nSPS) is 16.8. The Labute approximate surface area is 259 Å². The third kappa shape index (κ3) is 19.5. The molecule has 1 heterocycles. The molecule has 19 heteroatoms. The minimum absolute atomic E-state index is 0. The van der Waals surface area contributed by atoms with E-state index in [9.17, 15) is 26.3 Å². The van der Waals surface area contributed by atoms with E-state index in [-0.39, 0.29) is 20.1 Å². The van der Waals surface area contributed by atoms with Gasteiger partial charge in [-0.3, -0.25) is 0 Å². The molecular formula is C23H34F6IrN4O6S2. The molecule has 0 aromatic carbocycles. The number of nitriles is 2. The Balaban J connectivity index is -0.000000136. The molecule has 0 spiro atoms. The van der Waals surface area contributed by atoms with Crippen molar-refractivity contribution in [2.45, 2.75) is 73.3 Å². The first kappa shape index (κ1) is 50.0. The number of alkyl halides is 6. The quantitative estimate of drug-likeness (QED) is 0.134. The van der Waals surface area contributed by atoms with Crippen molar-refractivity contribution in [1.29, 1.82) is 10.5 Å². The maximum atomic E-state index is 10.7. The predicted molar refractivity (Wildman–Crippen MR) is 137 cm³/mol. The zero-order valence-corrected chi connectivity index (χ0v) is 28.8. The van der Waals surface area contributed by atoms with Crippen LogP contribution in [-0.2, 0) is 40.3 Å². The molecule has 0 atom stereocenters. The van der Waals surface area contributed by atoms with Crippen LogP contribution in [0.4, 0.5) is 26.3 Å². The Morgan fingerprint density at radius 2 is 0.738 bits per heavy atom. The third-order valence-corrected chi connectivity index (χ3v) is 6.44. The third-order valence-electron chi connectivity index (χ3n) is 5.31. The fourth-order valence-corrected chi connectivity index (χ4v) is 2.35. The van der Waals surface area contributed by atoms with Gasteiger partial charge in [0.15, 0.2) is 20.2 Å². The summed E-state index contributed by atoms with van der Waals surface area (Å²) >= 11 is 0. The van der Waals surface area contributed by atoms with Gasteiger partial charge >= 0.3 is 31.1 Å². The molecule has 2 aliphatic rings. The van der Waals surface area contributed by atoms with Gasteiger partial charge in [-0.15, -0.1) is 0 Å². The molecule has 10 nitrogen and oxygen atoms in total. The predicted octanol–water partition coefficient (Wildman–Crippen LogP) is 5.37. The maximum absolute atomic E-state index is 10.7. The molecular weight excluding hydrogens is 799 g/mol. The summed E-state index contributed by atoms with van der Waals surface area (Å²) < 4.78 is 118. The molecule has 1 aliphatic carbocycles. The Bertz CT molecular complexity index is 990. The van der Waals surface area contributed by atoms with Crippen LogP contribution in [0.1, 0.15) is 62.3 Å². The molecule has 2 rings (SSSR count). The summed E-state index contributed by atoms with van der Waals surface area (Å²) in [5, 5.41) is 14.6. The molecule has 245 valence electrons. The van der Waals surface area contributed by atoms with E-state index in [1.54, 1.807) is 12.1 Å². The van der Waals surface area contributed by atoms with Gasteiger partial charge in [0.2, 0.25) is 0 Å². The van der Waals surface area contributed by atoms with Crippen molar-refractivity contribution in [3.8, 4) is 12.1 Å². The number of allylic oxidation sites excluding steroid dienone is 2. The van der Waals surface area contributed by atoms with Gasteiger partial charge in [0.1, 0.15) is 0 Å². The van der Waals surface area contributed by atoms with E-state index in [4.69, 9.17) is 36.5 Å². The number of hydrogen-bond donors (Lipinski definition) is 0. The van der Waals surface area contributed by atoms with E-state index >= 15 is 0 Å². The van der Waals surface area contributed by atoms with E-state index in [0.29, 0.717) is 0 Å². The summed E-state index contributed by atoms with van der Waals surface area (Å²) in [6, 6.07) is 3.50. The van der Waals surface area contributed by atoms with Crippen molar-refractivity contribution >= 4 is 20.2 Å². The first-order chi connectivity index (χ1) is 18.0. The molecule has 0 N–H and O–H groups in total. The van der Waals surface area contributed by atoms with Crippen molar-refractivity contribution in [3.63, 3.8) is 0 Å². The molecule has 5 radical (unpaired) electrons. The maximum Gasteiger partial charge on any atom is 3.00 e. The first-order valence-electron chi connectivity index (χ1n) is 10.8. The largest absolute Gasteiger partial charge is 3.00 e. The van der Waals surface area contributed by atoms with Crippen molar-refractivity contribution in [2.75, 3.05) is 14.1 Å². The van der Waals surface area contributed by atoms with Crippen LogP contribution < -0.4 is 0 Å². The zero-order chi connectivity index (χ0) is 34.3. The monoisotopic (exact) mass is 833 g/mol. The Hall–Kier alpha value is -1.63. The SMILES string of the molecule is CC#N.CC#N.CC1=C(C)N(C)[CH-]N1C.C[C]1[C](C)[C](C)[C](C)[C]1C.O=S(=O)([O-])C(F)(F)F.O=S(=O)([O-])C(F)(F)F.[Ir+3]. The number of halogens is 6. The topological polar surface area (TPSA) is 168 Å². The second-order valence-electron chi connectivity index (χ2n) is 7.88. The van der Waals surface area contributed by atoms with E-state index < -0.39 is 31.3 Å². The fourth-order valence-electron chi connectivity index (χ4n) is 2.35. The number of hydrogen-bond acceptors (Lipinski definition) is 10. The molecule has 1 fully saturated rings. The second kappa shape index (κ2) is 21.1. The van der Waals surface area contributed by atoms with Crippen LogP contribution in [0.5, 0.6) is 0 Å². The zero-order valence-electron chi connectivity index (χ0n) is 24.7. The molecule has 42 heavy (non-hydrogen) atoms. The van der Waals surface area contributed by atoms with Crippen molar-refractivity contribution in [3.05, 3.63) is 47.7 Å². The van der Waals surface area contributed by atoms with E-state index in [0.717, 1.165) is 0 Å². The standard InChI is InChI=1S/C10H15.C7H13N2.2C2H3N.2CHF3O3S.Ir/c1-6-7(2)9(4)10(5)8(6)3;1-6-7(2)9(4)5-8(6)3;2*1-2-3;2*2-1(3,4)8(5,6)7;/h1-5H3;5H,1-4H3;2*1H3;2*(H,5,6,7);/q;-1;;;;;+3/p-2. The molecule has 1 aliphatic heterocycles. The Kier molecular flexibility index (Phi) is 25.2. The molecule has 0 bridgehead atoms. The molecule has 0 saturated heterocycles. The van der Waals surface area contributed by atoms with Crippen LogP contribution in [0.15, 0.2) is 11.4 Å². The van der Waals surface area contributed by atoms with Crippen molar-refractivity contribution < 1.29 is 72.4 Å². The minimum atomic E-state index is -6.09. The van der Waals surface area contributed by atoms with Crippen LogP contribution >= 0.6 is 0 Å². The van der Waals surface area contributed by atoms with Gasteiger partial charge < -0.3 is 18.9 Å². The van der Waals surface area contributed by atoms with Crippen LogP contribution in [0.3, 0.4) is 0 Å². The molecule has 0 aromatic heterocycles. The van der Waals surface area contributed by atoms with Gasteiger partial charge in [0.05, 0.1) is 12.1 Å². The Morgan fingerprint density at radius 3 is 0.786 bits per heavy atom. The van der Waals surface area contributed by atoms with E-state index in [1.807, 2.05) is 0 Å². The van der Waals surface area contributed by atoms with Gasteiger partial charge in [-0.1, -0.05) is 34.6 Å².